The number of pyridine rings is 1. The van der Waals surface area contributed by atoms with Crippen molar-refractivity contribution in [2.24, 2.45) is 0 Å². The van der Waals surface area contributed by atoms with E-state index in [9.17, 15) is 19.3 Å². The lowest BCUT2D eigenvalue weighted by Gasteiger charge is -2.06. The molecule has 140 valence electrons. The molecule has 1 heterocycles. The first-order valence-corrected chi connectivity index (χ1v) is 8.12. The summed E-state index contributed by atoms with van der Waals surface area (Å²) in [5.74, 6) is 0.463. The minimum atomic E-state index is -0.491. The maximum Gasteiger partial charge on any atom is 0.269 e. The summed E-state index contributed by atoms with van der Waals surface area (Å²) in [5, 5.41) is 13.2. The molecule has 0 saturated carbocycles. The molecule has 0 radical (unpaired) electrons. The lowest BCUT2D eigenvalue weighted by molar-refractivity contribution is -0.384. The molecule has 0 atom stereocenters. The lowest BCUT2D eigenvalue weighted by atomic mass is 10.2. The fourth-order valence-corrected chi connectivity index (χ4v) is 2.20. The van der Waals surface area contributed by atoms with Crippen LogP contribution in [0.3, 0.4) is 0 Å². The number of nitrogens with zero attached hydrogens (tertiary/aromatic N) is 2. The van der Waals surface area contributed by atoms with E-state index in [1.165, 1.54) is 54.7 Å². The Morgan fingerprint density at radius 1 is 1.04 bits per heavy atom. The number of carbonyl (C=O) groups is 1. The molecule has 28 heavy (non-hydrogen) atoms. The number of halogens is 1. The van der Waals surface area contributed by atoms with Crippen molar-refractivity contribution >= 4 is 23.5 Å². The van der Waals surface area contributed by atoms with E-state index in [0.29, 0.717) is 22.9 Å². The van der Waals surface area contributed by atoms with Gasteiger partial charge in [-0.05, 0) is 60.2 Å². The van der Waals surface area contributed by atoms with E-state index in [1.807, 2.05) is 0 Å². The topological polar surface area (TPSA) is 94.4 Å². The standard InChI is InChI=1S/C20H14FN3O4/c21-15-4-8-17(9-5-15)28-18-10-11-19(22-13-18)23-20(25)12-3-14-1-6-16(7-2-14)24(26)27/h1-13H,(H,22,23,25)/b12-3+. The average Bonchev–Trinajstić information content (AvgIpc) is 2.70. The summed E-state index contributed by atoms with van der Waals surface area (Å²) in [4.78, 5) is 26.2. The number of amides is 1. The zero-order valence-electron chi connectivity index (χ0n) is 14.4. The van der Waals surface area contributed by atoms with Crippen LogP contribution in [0.2, 0.25) is 0 Å². The van der Waals surface area contributed by atoms with Gasteiger partial charge in [0, 0.05) is 18.2 Å². The Labute approximate surface area is 159 Å². The monoisotopic (exact) mass is 379 g/mol. The van der Waals surface area contributed by atoms with E-state index in [-0.39, 0.29) is 11.5 Å². The SMILES string of the molecule is O=C(/C=C/c1ccc([N+](=O)[O-])cc1)Nc1ccc(Oc2ccc(F)cc2)cn1. The van der Waals surface area contributed by atoms with Crippen molar-refractivity contribution in [1.82, 2.24) is 4.98 Å². The van der Waals surface area contributed by atoms with Crippen LogP contribution in [-0.2, 0) is 4.79 Å². The molecule has 1 aromatic heterocycles. The third-order valence-corrected chi connectivity index (χ3v) is 3.57. The van der Waals surface area contributed by atoms with Gasteiger partial charge in [0.05, 0.1) is 11.1 Å². The zero-order chi connectivity index (χ0) is 19.9. The van der Waals surface area contributed by atoms with Crippen LogP contribution in [0, 0.1) is 15.9 Å². The second kappa shape index (κ2) is 8.54. The number of ether oxygens (including phenoxy) is 1. The van der Waals surface area contributed by atoms with Crippen molar-refractivity contribution < 1.29 is 18.8 Å². The fourth-order valence-electron chi connectivity index (χ4n) is 2.20. The molecule has 1 N–H and O–H groups in total. The van der Waals surface area contributed by atoms with E-state index < -0.39 is 10.8 Å². The number of anilines is 1. The molecule has 3 aromatic rings. The highest BCUT2D eigenvalue weighted by molar-refractivity contribution is 6.01. The third-order valence-electron chi connectivity index (χ3n) is 3.57. The van der Waals surface area contributed by atoms with Gasteiger partial charge in [0.15, 0.2) is 0 Å². The van der Waals surface area contributed by atoms with Gasteiger partial charge in [-0.15, -0.1) is 0 Å². The molecule has 0 aliphatic carbocycles. The number of nitrogens with one attached hydrogen (secondary N) is 1. The number of non-ortho nitro benzene ring substituents is 1. The van der Waals surface area contributed by atoms with E-state index in [4.69, 9.17) is 4.74 Å². The van der Waals surface area contributed by atoms with E-state index in [2.05, 4.69) is 10.3 Å². The number of aromatic nitrogens is 1. The van der Waals surface area contributed by atoms with Gasteiger partial charge in [-0.1, -0.05) is 0 Å². The molecule has 0 saturated heterocycles. The number of benzene rings is 2. The van der Waals surface area contributed by atoms with E-state index in [1.54, 1.807) is 24.3 Å². The van der Waals surface area contributed by atoms with Gasteiger partial charge in [0.25, 0.3) is 5.69 Å². The zero-order valence-corrected chi connectivity index (χ0v) is 14.4. The van der Waals surface area contributed by atoms with Gasteiger partial charge < -0.3 is 10.1 Å². The molecule has 0 aliphatic rings. The number of hydrogen-bond acceptors (Lipinski definition) is 5. The van der Waals surface area contributed by atoms with Crippen LogP contribution >= 0.6 is 0 Å². The Kier molecular flexibility index (Phi) is 5.71. The Hall–Kier alpha value is -4.07. The molecule has 0 spiro atoms. The number of carbonyl (C=O) groups excluding carboxylic acids is 1. The summed E-state index contributed by atoms with van der Waals surface area (Å²) < 4.78 is 18.4. The molecule has 1 amide bonds. The van der Waals surface area contributed by atoms with Crippen LogP contribution in [0.15, 0.2) is 72.9 Å². The Balaban J connectivity index is 1.56. The van der Waals surface area contributed by atoms with Crippen molar-refractivity contribution in [2.75, 3.05) is 5.32 Å². The van der Waals surface area contributed by atoms with Crippen molar-refractivity contribution in [3.05, 3.63) is 94.4 Å². The number of nitro groups is 1. The highest BCUT2D eigenvalue weighted by Crippen LogP contribution is 2.21. The first-order chi connectivity index (χ1) is 13.5. The molecule has 0 fully saturated rings. The lowest BCUT2D eigenvalue weighted by Crippen LogP contribution is -2.08. The molecule has 7 nitrogen and oxygen atoms in total. The summed E-state index contributed by atoms with van der Waals surface area (Å²) in [5.41, 5.74) is 0.630. The van der Waals surface area contributed by atoms with Crippen LogP contribution in [0.5, 0.6) is 11.5 Å². The van der Waals surface area contributed by atoms with Gasteiger partial charge in [-0.25, -0.2) is 9.37 Å². The number of hydrogen-bond donors (Lipinski definition) is 1. The molecular formula is C20H14FN3O4. The molecule has 0 aliphatic heterocycles. The van der Waals surface area contributed by atoms with Crippen molar-refractivity contribution in [3.63, 3.8) is 0 Å². The maximum absolute atomic E-state index is 12.9. The average molecular weight is 379 g/mol. The van der Waals surface area contributed by atoms with Crippen LogP contribution < -0.4 is 10.1 Å². The molecule has 3 rings (SSSR count). The maximum atomic E-state index is 12.9. The quantitative estimate of drug-likeness (QED) is 0.384. The Morgan fingerprint density at radius 2 is 1.71 bits per heavy atom. The number of nitro benzene ring substituents is 1. The van der Waals surface area contributed by atoms with Gasteiger partial charge in [-0.2, -0.15) is 0 Å². The normalized spacial score (nSPS) is 10.6. The fraction of sp³-hybridized carbons (Fsp3) is 0. The van der Waals surface area contributed by atoms with Crippen molar-refractivity contribution in [2.45, 2.75) is 0 Å². The summed E-state index contributed by atoms with van der Waals surface area (Å²) in [7, 11) is 0. The predicted molar refractivity (Wildman–Crippen MR) is 101 cm³/mol. The van der Waals surface area contributed by atoms with Crippen LogP contribution in [0.25, 0.3) is 6.08 Å². The second-order valence-electron chi connectivity index (χ2n) is 5.61. The molecule has 0 bridgehead atoms. The predicted octanol–water partition coefficient (Wildman–Crippen LogP) is 4.57. The smallest absolute Gasteiger partial charge is 0.269 e. The second-order valence-corrected chi connectivity index (χ2v) is 5.61. The van der Waals surface area contributed by atoms with Gasteiger partial charge in [0.1, 0.15) is 23.1 Å². The van der Waals surface area contributed by atoms with Gasteiger partial charge in [-0.3, -0.25) is 14.9 Å². The summed E-state index contributed by atoms with van der Waals surface area (Å²) >= 11 is 0. The Morgan fingerprint density at radius 3 is 2.32 bits per heavy atom. The van der Waals surface area contributed by atoms with Crippen LogP contribution in [0.1, 0.15) is 5.56 Å². The van der Waals surface area contributed by atoms with E-state index >= 15 is 0 Å². The van der Waals surface area contributed by atoms with Gasteiger partial charge in [0.2, 0.25) is 5.91 Å². The highest BCUT2D eigenvalue weighted by Gasteiger charge is 2.04. The van der Waals surface area contributed by atoms with Crippen molar-refractivity contribution in [1.29, 1.82) is 0 Å². The Bertz CT molecular complexity index is 1000. The minimum absolute atomic E-state index is 0.0197. The van der Waals surface area contributed by atoms with Gasteiger partial charge >= 0.3 is 0 Å². The first kappa shape index (κ1) is 18.7. The summed E-state index contributed by atoms with van der Waals surface area (Å²) in [6, 6.07) is 14.6. The first-order valence-electron chi connectivity index (χ1n) is 8.12. The summed E-state index contributed by atoms with van der Waals surface area (Å²) in [6.07, 6.45) is 4.26. The third kappa shape index (κ3) is 5.21. The van der Waals surface area contributed by atoms with E-state index in [0.717, 1.165) is 0 Å². The van der Waals surface area contributed by atoms with Crippen LogP contribution in [-0.4, -0.2) is 15.8 Å². The highest BCUT2D eigenvalue weighted by atomic mass is 19.1. The molecule has 0 unspecified atom stereocenters. The minimum Gasteiger partial charge on any atom is -0.456 e. The summed E-state index contributed by atoms with van der Waals surface area (Å²) in [6.45, 7) is 0. The number of rotatable bonds is 6. The van der Waals surface area contributed by atoms with Crippen LogP contribution in [0.4, 0.5) is 15.9 Å². The molecule has 2 aromatic carbocycles. The van der Waals surface area contributed by atoms with Crippen molar-refractivity contribution in [3.8, 4) is 11.5 Å². The molecule has 8 heteroatoms. The largest absolute Gasteiger partial charge is 0.456 e. The molecular weight excluding hydrogens is 365 g/mol.